The van der Waals surface area contributed by atoms with E-state index in [1.165, 1.54) is 7.05 Å². The second kappa shape index (κ2) is 6.63. The second-order valence-corrected chi connectivity index (χ2v) is 4.27. The van der Waals surface area contributed by atoms with E-state index in [1.54, 1.807) is 13.2 Å². The number of anilines is 1. The number of nitrogens with one attached hydrogen (secondary N) is 2. The maximum absolute atomic E-state index is 11.8. The van der Waals surface area contributed by atoms with Gasteiger partial charge in [0.2, 0.25) is 0 Å². The Balaban J connectivity index is 3.01. The van der Waals surface area contributed by atoms with Gasteiger partial charge >= 0.3 is 6.03 Å². The molecule has 2 amide bonds. The van der Waals surface area contributed by atoms with Crippen LogP contribution < -0.4 is 21.1 Å². The summed E-state index contributed by atoms with van der Waals surface area (Å²) in [6.07, 6.45) is 0. The summed E-state index contributed by atoms with van der Waals surface area (Å²) in [4.78, 5) is 15.4. The number of hydrogen-bond donors (Lipinski definition) is 3. The second-order valence-electron chi connectivity index (χ2n) is 4.27. The van der Waals surface area contributed by atoms with Gasteiger partial charge in [-0.2, -0.15) is 0 Å². The first-order valence-electron chi connectivity index (χ1n) is 5.96. The van der Waals surface area contributed by atoms with Gasteiger partial charge in [-0.15, -0.1) is 0 Å². The lowest BCUT2D eigenvalue weighted by atomic mass is 10.0. The molecule has 19 heavy (non-hydrogen) atoms. The van der Waals surface area contributed by atoms with E-state index in [1.807, 2.05) is 26.0 Å². The Labute approximate surface area is 113 Å². The first-order valence-corrected chi connectivity index (χ1v) is 5.96. The molecule has 0 fully saturated rings. The van der Waals surface area contributed by atoms with Gasteiger partial charge in [-0.3, -0.25) is 10.3 Å². The standard InChI is InChI=1S/C13H20N4O2/c1-8(2)9-6-5-7-10(19-4)11(9)16-13(18)17-12(14)15-3/h5-8H,1-4H3,(H4,14,15,16,17,18). The number of benzene rings is 1. The van der Waals surface area contributed by atoms with Gasteiger partial charge in [0.05, 0.1) is 12.8 Å². The highest BCUT2D eigenvalue weighted by molar-refractivity contribution is 6.02. The molecule has 0 saturated heterocycles. The molecular weight excluding hydrogens is 244 g/mol. The van der Waals surface area contributed by atoms with Gasteiger partial charge in [0, 0.05) is 7.05 Å². The maximum atomic E-state index is 11.8. The molecule has 0 unspecified atom stereocenters. The number of nitrogens with two attached hydrogens (primary N) is 1. The topological polar surface area (TPSA) is 88.7 Å². The number of hydrogen-bond acceptors (Lipinski definition) is 3. The van der Waals surface area contributed by atoms with Gasteiger partial charge < -0.3 is 15.8 Å². The summed E-state index contributed by atoms with van der Waals surface area (Å²) in [5.74, 6) is 0.912. The van der Waals surface area contributed by atoms with Crippen LogP contribution in [0.1, 0.15) is 25.3 Å². The number of guanidine groups is 1. The fraction of sp³-hybridized carbons (Fsp3) is 0.385. The Kier molecular flexibility index (Phi) is 5.17. The molecular formula is C13H20N4O2. The number of ether oxygens (including phenoxy) is 1. The molecule has 0 aliphatic carbocycles. The largest absolute Gasteiger partial charge is 0.495 e. The van der Waals surface area contributed by atoms with E-state index in [4.69, 9.17) is 10.5 Å². The molecule has 0 saturated carbocycles. The molecule has 0 atom stereocenters. The van der Waals surface area contributed by atoms with Crippen LogP contribution >= 0.6 is 0 Å². The van der Waals surface area contributed by atoms with Crippen LogP contribution in [-0.4, -0.2) is 26.1 Å². The van der Waals surface area contributed by atoms with Gasteiger partial charge in [0.25, 0.3) is 0 Å². The summed E-state index contributed by atoms with van der Waals surface area (Å²) >= 11 is 0. The molecule has 1 aromatic rings. The number of rotatable bonds is 3. The van der Waals surface area contributed by atoms with E-state index in [0.717, 1.165) is 5.56 Å². The van der Waals surface area contributed by atoms with E-state index in [-0.39, 0.29) is 11.9 Å². The van der Waals surface area contributed by atoms with E-state index in [0.29, 0.717) is 11.4 Å². The minimum absolute atomic E-state index is 0.0542. The van der Waals surface area contributed by atoms with Crippen LogP contribution in [0.2, 0.25) is 0 Å². The molecule has 0 aliphatic rings. The van der Waals surface area contributed by atoms with Gasteiger partial charge in [-0.25, -0.2) is 4.79 Å². The third-order valence-corrected chi connectivity index (χ3v) is 2.62. The van der Waals surface area contributed by atoms with E-state index in [9.17, 15) is 4.79 Å². The average molecular weight is 264 g/mol. The molecule has 0 radical (unpaired) electrons. The van der Waals surface area contributed by atoms with Crippen LogP contribution in [0.15, 0.2) is 23.2 Å². The first kappa shape index (κ1) is 14.8. The van der Waals surface area contributed by atoms with Crippen LogP contribution in [0.3, 0.4) is 0 Å². The van der Waals surface area contributed by atoms with Gasteiger partial charge in [0.1, 0.15) is 5.75 Å². The number of carbonyl (C=O) groups is 1. The summed E-state index contributed by atoms with van der Waals surface area (Å²) in [6, 6.07) is 5.17. The Hall–Kier alpha value is -2.24. The van der Waals surface area contributed by atoms with Gasteiger partial charge in [-0.1, -0.05) is 26.0 Å². The molecule has 0 heterocycles. The lowest BCUT2D eigenvalue weighted by molar-refractivity contribution is 0.256. The summed E-state index contributed by atoms with van der Waals surface area (Å²) in [5, 5.41) is 5.16. The van der Waals surface area contributed by atoms with Crippen molar-refractivity contribution in [2.24, 2.45) is 10.7 Å². The van der Waals surface area contributed by atoms with E-state index in [2.05, 4.69) is 15.6 Å². The zero-order valence-electron chi connectivity index (χ0n) is 11.7. The third kappa shape index (κ3) is 3.87. The monoisotopic (exact) mass is 264 g/mol. The highest BCUT2D eigenvalue weighted by Crippen LogP contribution is 2.32. The van der Waals surface area contributed by atoms with Crippen LogP contribution in [0.25, 0.3) is 0 Å². The van der Waals surface area contributed by atoms with Crippen LogP contribution in [0.4, 0.5) is 10.5 Å². The summed E-state index contributed by atoms with van der Waals surface area (Å²) in [6.45, 7) is 4.08. The van der Waals surface area contributed by atoms with Gasteiger partial charge in [-0.05, 0) is 17.5 Å². The van der Waals surface area contributed by atoms with E-state index >= 15 is 0 Å². The quantitative estimate of drug-likeness (QED) is 0.575. The SMILES string of the molecule is CN=C(N)NC(=O)Nc1c(OC)cccc1C(C)C. The molecule has 1 rings (SSSR count). The molecule has 1 aromatic carbocycles. The lowest BCUT2D eigenvalue weighted by Gasteiger charge is -2.17. The normalized spacial score (nSPS) is 11.3. The first-order chi connectivity index (χ1) is 8.99. The van der Waals surface area contributed by atoms with Crippen molar-refractivity contribution in [2.45, 2.75) is 19.8 Å². The van der Waals surface area contributed by atoms with E-state index < -0.39 is 6.03 Å². The molecule has 6 heteroatoms. The molecule has 0 aliphatic heterocycles. The molecule has 104 valence electrons. The Bertz CT molecular complexity index is 484. The number of methoxy groups -OCH3 is 1. The van der Waals surface area contributed by atoms with Gasteiger partial charge in [0.15, 0.2) is 5.96 Å². The van der Waals surface area contributed by atoms with Crippen molar-refractivity contribution in [3.8, 4) is 5.75 Å². The highest BCUT2D eigenvalue weighted by Gasteiger charge is 2.14. The Morgan fingerprint density at radius 2 is 2.11 bits per heavy atom. The predicted molar refractivity (Wildman–Crippen MR) is 76.8 cm³/mol. The fourth-order valence-corrected chi connectivity index (χ4v) is 1.65. The summed E-state index contributed by atoms with van der Waals surface area (Å²) < 4.78 is 5.26. The smallest absolute Gasteiger partial charge is 0.326 e. The summed E-state index contributed by atoms with van der Waals surface area (Å²) in [7, 11) is 3.06. The maximum Gasteiger partial charge on any atom is 0.326 e. The van der Waals surface area contributed by atoms with Crippen LogP contribution in [-0.2, 0) is 0 Å². The molecule has 6 nitrogen and oxygen atoms in total. The number of para-hydroxylation sites is 1. The minimum Gasteiger partial charge on any atom is -0.495 e. The van der Waals surface area contributed by atoms with Crippen molar-refractivity contribution in [3.05, 3.63) is 23.8 Å². The van der Waals surface area contributed by atoms with Crippen molar-refractivity contribution in [1.29, 1.82) is 0 Å². The zero-order valence-corrected chi connectivity index (χ0v) is 11.7. The number of carbonyl (C=O) groups excluding carboxylic acids is 1. The lowest BCUT2D eigenvalue weighted by Crippen LogP contribution is -2.39. The number of amides is 2. The third-order valence-electron chi connectivity index (χ3n) is 2.62. The average Bonchev–Trinajstić information content (AvgIpc) is 2.38. The number of urea groups is 1. The summed E-state index contributed by atoms with van der Waals surface area (Å²) in [5.41, 5.74) is 7.07. The molecule has 0 spiro atoms. The van der Waals surface area contributed by atoms with Crippen molar-refractivity contribution in [3.63, 3.8) is 0 Å². The fourth-order valence-electron chi connectivity index (χ4n) is 1.65. The zero-order chi connectivity index (χ0) is 14.4. The number of aliphatic imine (C=N–C) groups is 1. The van der Waals surface area contributed by atoms with Crippen molar-refractivity contribution in [1.82, 2.24) is 5.32 Å². The minimum atomic E-state index is -0.450. The Morgan fingerprint density at radius 1 is 1.42 bits per heavy atom. The van der Waals surface area contributed by atoms with Crippen LogP contribution in [0.5, 0.6) is 5.75 Å². The van der Waals surface area contributed by atoms with Crippen molar-refractivity contribution >= 4 is 17.7 Å². The van der Waals surface area contributed by atoms with Crippen molar-refractivity contribution < 1.29 is 9.53 Å². The Morgan fingerprint density at radius 3 is 2.63 bits per heavy atom. The van der Waals surface area contributed by atoms with Crippen LogP contribution in [0, 0.1) is 0 Å². The molecule has 4 N–H and O–H groups in total. The number of nitrogens with zero attached hydrogens (tertiary/aromatic N) is 1. The highest BCUT2D eigenvalue weighted by atomic mass is 16.5. The molecule has 0 bridgehead atoms. The van der Waals surface area contributed by atoms with Crippen molar-refractivity contribution in [2.75, 3.05) is 19.5 Å². The molecule has 0 aromatic heterocycles. The predicted octanol–water partition coefficient (Wildman–Crippen LogP) is 1.88.